The van der Waals surface area contributed by atoms with Gasteiger partial charge in [0.2, 0.25) is 0 Å². The summed E-state index contributed by atoms with van der Waals surface area (Å²) < 4.78 is 43.4. The molecule has 7 nitrogen and oxygen atoms in total. The molecular formula is C22H28O7S. The van der Waals surface area contributed by atoms with Gasteiger partial charge in [0.1, 0.15) is 17.2 Å². The molecule has 0 heterocycles. The molecule has 0 spiro atoms. The lowest BCUT2D eigenvalue weighted by molar-refractivity contribution is -0.158. The number of hydrogen-bond donors (Lipinski definition) is 0. The first kappa shape index (κ1) is 23.5. The molecule has 0 unspecified atom stereocenters. The number of hydrogen-bond acceptors (Lipinski definition) is 7. The highest BCUT2D eigenvalue weighted by molar-refractivity contribution is 7.86. The van der Waals surface area contributed by atoms with Crippen LogP contribution < -0.4 is 13.7 Å². The number of benzene rings is 2. The monoisotopic (exact) mass is 436 g/mol. The predicted octanol–water partition coefficient (Wildman–Crippen LogP) is 3.76. The Morgan fingerprint density at radius 1 is 0.933 bits per heavy atom. The molecule has 0 atom stereocenters. The molecule has 0 aliphatic heterocycles. The first-order valence-electron chi connectivity index (χ1n) is 9.66. The third-order valence-electron chi connectivity index (χ3n) is 4.01. The molecule has 2 aromatic rings. The summed E-state index contributed by atoms with van der Waals surface area (Å²) in [5.74, 6) is 1.09. The number of carbonyl (C=O) groups is 1. The minimum absolute atomic E-state index is 0.248. The maximum absolute atomic E-state index is 11.9. The van der Waals surface area contributed by atoms with E-state index in [2.05, 4.69) is 0 Å². The molecule has 0 aliphatic carbocycles. The van der Waals surface area contributed by atoms with Gasteiger partial charge in [-0.3, -0.25) is 0 Å². The van der Waals surface area contributed by atoms with Crippen LogP contribution in [0.3, 0.4) is 0 Å². The molecule has 0 saturated carbocycles. The second kappa shape index (κ2) is 10.3. The van der Waals surface area contributed by atoms with Crippen LogP contribution in [-0.2, 0) is 26.1 Å². The summed E-state index contributed by atoms with van der Waals surface area (Å²) in [5, 5.41) is 0. The van der Waals surface area contributed by atoms with Crippen LogP contribution in [0.25, 0.3) is 0 Å². The normalized spacial score (nSPS) is 11.6. The van der Waals surface area contributed by atoms with Gasteiger partial charge in [0.15, 0.2) is 5.60 Å². The Balaban J connectivity index is 1.77. The van der Waals surface area contributed by atoms with E-state index in [-0.39, 0.29) is 5.75 Å². The Bertz CT molecular complexity index is 917. The van der Waals surface area contributed by atoms with Gasteiger partial charge in [-0.25, -0.2) is 4.79 Å². The fraction of sp³-hybridized carbons (Fsp3) is 0.409. The van der Waals surface area contributed by atoms with Gasteiger partial charge in [-0.1, -0.05) is 12.1 Å². The van der Waals surface area contributed by atoms with E-state index in [1.165, 1.54) is 0 Å². The standard InChI is InChI=1S/C22H28O7S/c1-5-26-21(23)22(2,3)28-19-10-8-17(9-11-19)7-6-16-27-18-12-14-20(15-13-18)29-30(4,24)25/h8-15H,5-7,16H2,1-4H3. The maximum atomic E-state index is 11.9. The van der Waals surface area contributed by atoms with E-state index < -0.39 is 21.7 Å². The zero-order valence-corrected chi connectivity index (χ0v) is 18.5. The molecule has 0 N–H and O–H groups in total. The van der Waals surface area contributed by atoms with Crippen molar-refractivity contribution in [3.05, 3.63) is 54.1 Å². The molecule has 0 amide bonds. The van der Waals surface area contributed by atoms with Crippen LogP contribution in [0.15, 0.2) is 48.5 Å². The van der Waals surface area contributed by atoms with Gasteiger partial charge in [0.25, 0.3) is 0 Å². The van der Waals surface area contributed by atoms with Crippen molar-refractivity contribution in [2.75, 3.05) is 19.5 Å². The van der Waals surface area contributed by atoms with E-state index in [9.17, 15) is 13.2 Å². The molecule has 8 heteroatoms. The summed E-state index contributed by atoms with van der Waals surface area (Å²) in [6, 6.07) is 14.0. The highest BCUT2D eigenvalue weighted by Gasteiger charge is 2.31. The molecule has 0 radical (unpaired) electrons. The Morgan fingerprint density at radius 2 is 1.50 bits per heavy atom. The minimum Gasteiger partial charge on any atom is -0.494 e. The van der Waals surface area contributed by atoms with Crippen LogP contribution in [0.2, 0.25) is 0 Å². The van der Waals surface area contributed by atoms with E-state index in [0.717, 1.165) is 24.7 Å². The van der Waals surface area contributed by atoms with Crippen LogP contribution in [0.5, 0.6) is 17.2 Å². The third kappa shape index (κ3) is 7.94. The van der Waals surface area contributed by atoms with Gasteiger partial charge in [-0.15, -0.1) is 0 Å². The first-order chi connectivity index (χ1) is 14.1. The van der Waals surface area contributed by atoms with E-state index in [1.54, 1.807) is 45.0 Å². The summed E-state index contributed by atoms with van der Waals surface area (Å²) >= 11 is 0. The van der Waals surface area contributed by atoms with E-state index >= 15 is 0 Å². The molecular weight excluding hydrogens is 408 g/mol. The van der Waals surface area contributed by atoms with Crippen LogP contribution >= 0.6 is 0 Å². The molecule has 2 rings (SSSR count). The summed E-state index contributed by atoms with van der Waals surface area (Å²) in [4.78, 5) is 11.9. The quantitative estimate of drug-likeness (QED) is 0.301. The Labute approximate surface area is 178 Å². The largest absolute Gasteiger partial charge is 0.494 e. The van der Waals surface area contributed by atoms with Crippen molar-refractivity contribution in [1.82, 2.24) is 0 Å². The SMILES string of the molecule is CCOC(=O)C(C)(C)Oc1ccc(CCCOc2ccc(OS(C)(=O)=O)cc2)cc1. The van der Waals surface area contributed by atoms with Crippen molar-refractivity contribution in [3.63, 3.8) is 0 Å². The number of ether oxygens (including phenoxy) is 3. The van der Waals surface area contributed by atoms with E-state index in [4.69, 9.17) is 18.4 Å². The van der Waals surface area contributed by atoms with Crippen molar-refractivity contribution >= 4 is 16.1 Å². The fourth-order valence-electron chi connectivity index (χ4n) is 2.60. The average Bonchev–Trinajstić information content (AvgIpc) is 2.66. The number of esters is 1. The van der Waals surface area contributed by atoms with Crippen LogP contribution in [0.4, 0.5) is 0 Å². The smallest absolute Gasteiger partial charge is 0.349 e. The number of aryl methyl sites for hydroxylation is 1. The minimum atomic E-state index is -3.53. The number of carbonyl (C=O) groups excluding carboxylic acids is 1. The lowest BCUT2D eigenvalue weighted by atomic mass is 10.1. The molecule has 0 aliphatic rings. The highest BCUT2D eigenvalue weighted by Crippen LogP contribution is 2.21. The molecule has 0 aromatic heterocycles. The second-order valence-electron chi connectivity index (χ2n) is 7.19. The summed E-state index contributed by atoms with van der Waals surface area (Å²) in [7, 11) is -3.53. The average molecular weight is 437 g/mol. The fourth-order valence-corrected chi connectivity index (χ4v) is 3.06. The predicted molar refractivity (Wildman–Crippen MR) is 114 cm³/mol. The Kier molecular flexibility index (Phi) is 8.11. The Hall–Kier alpha value is -2.74. The molecule has 0 bridgehead atoms. The summed E-state index contributed by atoms with van der Waals surface area (Å²) in [5.41, 5.74) is 0.0737. The lowest BCUT2D eigenvalue weighted by Crippen LogP contribution is -2.39. The van der Waals surface area contributed by atoms with Crippen LogP contribution in [-0.4, -0.2) is 39.5 Å². The molecule has 30 heavy (non-hydrogen) atoms. The molecule has 164 valence electrons. The molecule has 2 aromatic carbocycles. The van der Waals surface area contributed by atoms with Gasteiger partial charge in [0.05, 0.1) is 19.5 Å². The lowest BCUT2D eigenvalue weighted by Gasteiger charge is -2.24. The van der Waals surface area contributed by atoms with Crippen molar-refractivity contribution in [2.45, 2.75) is 39.2 Å². The number of rotatable bonds is 11. The topological polar surface area (TPSA) is 88.1 Å². The summed E-state index contributed by atoms with van der Waals surface area (Å²) in [6.07, 6.45) is 2.62. The molecule has 0 fully saturated rings. The Morgan fingerprint density at radius 3 is 2.07 bits per heavy atom. The zero-order valence-electron chi connectivity index (χ0n) is 17.7. The summed E-state index contributed by atoms with van der Waals surface area (Å²) in [6.45, 7) is 5.94. The van der Waals surface area contributed by atoms with Gasteiger partial charge in [-0.2, -0.15) is 8.42 Å². The van der Waals surface area contributed by atoms with Crippen molar-refractivity contribution < 1.29 is 31.6 Å². The van der Waals surface area contributed by atoms with Gasteiger partial charge < -0.3 is 18.4 Å². The van der Waals surface area contributed by atoms with E-state index in [1.807, 2.05) is 24.3 Å². The van der Waals surface area contributed by atoms with E-state index in [0.29, 0.717) is 24.7 Å². The first-order valence-corrected chi connectivity index (χ1v) is 11.5. The van der Waals surface area contributed by atoms with Crippen molar-refractivity contribution in [1.29, 1.82) is 0 Å². The van der Waals surface area contributed by atoms with Gasteiger partial charge in [-0.05, 0) is 75.6 Å². The van der Waals surface area contributed by atoms with Crippen molar-refractivity contribution in [3.8, 4) is 17.2 Å². The van der Waals surface area contributed by atoms with Crippen molar-refractivity contribution in [2.24, 2.45) is 0 Å². The zero-order chi connectivity index (χ0) is 22.2. The van der Waals surface area contributed by atoms with Crippen LogP contribution in [0.1, 0.15) is 32.8 Å². The van der Waals surface area contributed by atoms with Crippen LogP contribution in [0, 0.1) is 0 Å². The second-order valence-corrected chi connectivity index (χ2v) is 8.76. The maximum Gasteiger partial charge on any atom is 0.349 e. The third-order valence-corrected chi connectivity index (χ3v) is 4.51. The van der Waals surface area contributed by atoms with Gasteiger partial charge >= 0.3 is 16.1 Å². The highest BCUT2D eigenvalue weighted by atomic mass is 32.2. The molecule has 0 saturated heterocycles. The van der Waals surface area contributed by atoms with Gasteiger partial charge in [0, 0.05) is 0 Å².